The quantitative estimate of drug-likeness (QED) is 0.718. The molecule has 0 atom stereocenters. The summed E-state index contributed by atoms with van der Waals surface area (Å²) in [6, 6.07) is 9.17. The highest BCUT2D eigenvalue weighted by molar-refractivity contribution is 5.80. The van der Waals surface area contributed by atoms with Gasteiger partial charge in [0.05, 0.1) is 19.4 Å². The summed E-state index contributed by atoms with van der Waals surface area (Å²) in [5, 5.41) is 5.86. The number of anilines is 1. The van der Waals surface area contributed by atoms with Crippen LogP contribution in [-0.4, -0.2) is 27.4 Å². The Bertz CT molecular complexity index is 847. The standard InChI is InChI=1S/C18H19N5O2/c1-12-13(2)22-18(15-7-3-4-8-19-15)23-17(12)21-11-16(24)20-10-14-6-5-9-25-14/h3-9H,10-11H2,1-2H3,(H,20,24)(H,21,22,23). The molecule has 7 nitrogen and oxygen atoms in total. The van der Waals surface area contributed by atoms with Crippen molar-refractivity contribution >= 4 is 11.7 Å². The zero-order chi connectivity index (χ0) is 17.6. The second-order valence-corrected chi connectivity index (χ2v) is 5.53. The number of hydrogen-bond donors (Lipinski definition) is 2. The number of nitrogens with zero attached hydrogens (tertiary/aromatic N) is 3. The van der Waals surface area contributed by atoms with Gasteiger partial charge in [0, 0.05) is 17.5 Å². The Labute approximate surface area is 145 Å². The normalized spacial score (nSPS) is 10.5. The summed E-state index contributed by atoms with van der Waals surface area (Å²) in [4.78, 5) is 25.2. The SMILES string of the molecule is Cc1nc(-c2ccccn2)nc(NCC(=O)NCc2ccco2)c1C. The van der Waals surface area contributed by atoms with E-state index < -0.39 is 0 Å². The van der Waals surface area contributed by atoms with Crippen LogP contribution in [0.1, 0.15) is 17.0 Å². The van der Waals surface area contributed by atoms with Gasteiger partial charge >= 0.3 is 0 Å². The first kappa shape index (κ1) is 16.6. The molecule has 2 N–H and O–H groups in total. The molecule has 0 aliphatic heterocycles. The van der Waals surface area contributed by atoms with E-state index in [2.05, 4.69) is 25.6 Å². The summed E-state index contributed by atoms with van der Waals surface area (Å²) in [6.45, 7) is 4.29. The first-order valence-corrected chi connectivity index (χ1v) is 7.93. The molecule has 0 saturated heterocycles. The van der Waals surface area contributed by atoms with Gasteiger partial charge in [0.2, 0.25) is 5.91 Å². The number of nitrogens with one attached hydrogen (secondary N) is 2. The fourth-order valence-corrected chi connectivity index (χ4v) is 2.24. The van der Waals surface area contributed by atoms with Crippen LogP contribution in [0.25, 0.3) is 11.5 Å². The number of hydrogen-bond acceptors (Lipinski definition) is 6. The van der Waals surface area contributed by atoms with E-state index in [1.165, 1.54) is 0 Å². The third-order valence-corrected chi connectivity index (χ3v) is 3.74. The minimum absolute atomic E-state index is 0.111. The summed E-state index contributed by atoms with van der Waals surface area (Å²) in [6.07, 6.45) is 3.27. The van der Waals surface area contributed by atoms with Crippen molar-refractivity contribution in [1.82, 2.24) is 20.3 Å². The van der Waals surface area contributed by atoms with Gasteiger partial charge in [-0.05, 0) is 38.1 Å². The lowest BCUT2D eigenvalue weighted by Crippen LogP contribution is -2.29. The van der Waals surface area contributed by atoms with E-state index in [0.29, 0.717) is 29.6 Å². The molecule has 3 heterocycles. The van der Waals surface area contributed by atoms with Crippen molar-refractivity contribution in [2.75, 3.05) is 11.9 Å². The van der Waals surface area contributed by atoms with Gasteiger partial charge < -0.3 is 15.1 Å². The predicted molar refractivity (Wildman–Crippen MR) is 93.8 cm³/mol. The maximum atomic E-state index is 12.0. The van der Waals surface area contributed by atoms with E-state index in [4.69, 9.17) is 4.42 Å². The fourth-order valence-electron chi connectivity index (χ4n) is 2.24. The van der Waals surface area contributed by atoms with Crippen molar-refractivity contribution in [2.45, 2.75) is 20.4 Å². The summed E-state index contributed by atoms with van der Waals surface area (Å²) < 4.78 is 5.18. The van der Waals surface area contributed by atoms with Gasteiger partial charge in [0.1, 0.15) is 17.3 Å². The lowest BCUT2D eigenvalue weighted by molar-refractivity contribution is -0.119. The van der Waals surface area contributed by atoms with Crippen molar-refractivity contribution in [3.8, 4) is 11.5 Å². The lowest BCUT2D eigenvalue weighted by atomic mass is 10.2. The number of carbonyl (C=O) groups is 1. The molecule has 0 aliphatic rings. The first-order valence-electron chi connectivity index (χ1n) is 7.93. The molecule has 7 heteroatoms. The van der Waals surface area contributed by atoms with Crippen LogP contribution in [0.15, 0.2) is 47.2 Å². The summed E-state index contributed by atoms with van der Waals surface area (Å²) in [7, 11) is 0. The molecule has 0 radical (unpaired) electrons. The Morgan fingerprint density at radius 1 is 1.16 bits per heavy atom. The van der Waals surface area contributed by atoms with Gasteiger partial charge in [0.25, 0.3) is 0 Å². The maximum Gasteiger partial charge on any atom is 0.239 e. The molecule has 1 amide bonds. The Morgan fingerprint density at radius 2 is 2.04 bits per heavy atom. The van der Waals surface area contributed by atoms with Crippen LogP contribution in [0.5, 0.6) is 0 Å². The van der Waals surface area contributed by atoms with E-state index in [-0.39, 0.29) is 12.5 Å². The number of aryl methyl sites for hydroxylation is 1. The zero-order valence-electron chi connectivity index (χ0n) is 14.1. The van der Waals surface area contributed by atoms with E-state index in [0.717, 1.165) is 11.3 Å². The van der Waals surface area contributed by atoms with Gasteiger partial charge in [-0.2, -0.15) is 0 Å². The summed E-state index contributed by atoms with van der Waals surface area (Å²) >= 11 is 0. The van der Waals surface area contributed by atoms with Crippen LogP contribution >= 0.6 is 0 Å². The van der Waals surface area contributed by atoms with Crippen LogP contribution in [-0.2, 0) is 11.3 Å². The second-order valence-electron chi connectivity index (χ2n) is 5.53. The van der Waals surface area contributed by atoms with Crippen molar-refractivity contribution in [2.24, 2.45) is 0 Å². The van der Waals surface area contributed by atoms with E-state index in [1.807, 2.05) is 38.1 Å². The van der Waals surface area contributed by atoms with E-state index in [9.17, 15) is 4.79 Å². The smallest absolute Gasteiger partial charge is 0.239 e. The monoisotopic (exact) mass is 337 g/mol. The predicted octanol–water partition coefficient (Wildman–Crippen LogP) is 2.48. The topological polar surface area (TPSA) is 92.9 Å². The van der Waals surface area contributed by atoms with Crippen molar-refractivity contribution in [1.29, 1.82) is 0 Å². The highest BCUT2D eigenvalue weighted by atomic mass is 16.3. The summed E-state index contributed by atoms with van der Waals surface area (Å²) in [5.41, 5.74) is 2.43. The number of rotatable bonds is 6. The van der Waals surface area contributed by atoms with Crippen LogP contribution in [0.3, 0.4) is 0 Å². The van der Waals surface area contributed by atoms with Crippen LogP contribution in [0.2, 0.25) is 0 Å². The molecule has 0 spiro atoms. The number of pyridine rings is 1. The molecule has 3 aromatic heterocycles. The largest absolute Gasteiger partial charge is 0.467 e. The van der Waals surface area contributed by atoms with E-state index in [1.54, 1.807) is 18.5 Å². The molecule has 0 fully saturated rings. The molecule has 0 saturated carbocycles. The average Bonchev–Trinajstić information content (AvgIpc) is 3.15. The van der Waals surface area contributed by atoms with Crippen LogP contribution < -0.4 is 10.6 Å². The van der Waals surface area contributed by atoms with Crippen molar-refractivity contribution < 1.29 is 9.21 Å². The molecule has 0 aromatic carbocycles. The lowest BCUT2D eigenvalue weighted by Gasteiger charge is -2.12. The van der Waals surface area contributed by atoms with Crippen LogP contribution in [0.4, 0.5) is 5.82 Å². The third kappa shape index (κ3) is 4.20. The van der Waals surface area contributed by atoms with Crippen molar-refractivity contribution in [3.63, 3.8) is 0 Å². The Balaban J connectivity index is 1.67. The molecule has 3 aromatic rings. The van der Waals surface area contributed by atoms with Gasteiger partial charge in [-0.15, -0.1) is 0 Å². The molecule has 0 unspecified atom stereocenters. The molecule has 128 valence electrons. The number of carbonyl (C=O) groups excluding carboxylic acids is 1. The zero-order valence-corrected chi connectivity index (χ0v) is 14.1. The molecule has 3 rings (SSSR count). The Kier molecular flexibility index (Phi) is 5.03. The van der Waals surface area contributed by atoms with Gasteiger partial charge in [-0.3, -0.25) is 9.78 Å². The van der Waals surface area contributed by atoms with E-state index >= 15 is 0 Å². The highest BCUT2D eigenvalue weighted by Crippen LogP contribution is 2.19. The van der Waals surface area contributed by atoms with Gasteiger partial charge in [0.15, 0.2) is 5.82 Å². The minimum Gasteiger partial charge on any atom is -0.467 e. The number of aromatic nitrogens is 3. The molecule has 25 heavy (non-hydrogen) atoms. The number of furan rings is 1. The maximum absolute atomic E-state index is 12.0. The van der Waals surface area contributed by atoms with Crippen molar-refractivity contribution in [3.05, 3.63) is 59.8 Å². The Hall–Kier alpha value is -3.22. The molecular weight excluding hydrogens is 318 g/mol. The van der Waals surface area contributed by atoms with Gasteiger partial charge in [-0.1, -0.05) is 6.07 Å². The fraction of sp³-hybridized carbons (Fsp3) is 0.222. The molecule has 0 aliphatic carbocycles. The third-order valence-electron chi connectivity index (χ3n) is 3.74. The molecule has 0 bridgehead atoms. The minimum atomic E-state index is -0.147. The Morgan fingerprint density at radius 3 is 2.76 bits per heavy atom. The summed E-state index contributed by atoms with van der Waals surface area (Å²) in [5.74, 6) is 1.72. The number of amides is 1. The first-order chi connectivity index (χ1) is 12.1. The van der Waals surface area contributed by atoms with Gasteiger partial charge in [-0.25, -0.2) is 9.97 Å². The highest BCUT2D eigenvalue weighted by Gasteiger charge is 2.11. The average molecular weight is 337 g/mol. The van der Waals surface area contributed by atoms with Crippen LogP contribution in [0, 0.1) is 13.8 Å². The molecular formula is C18H19N5O2. The second kappa shape index (κ2) is 7.57.